The molecule has 2 aromatic rings. The smallest absolute Gasteiger partial charge is 0.140 e. The first-order valence-corrected chi connectivity index (χ1v) is 7.49. The molecule has 2 nitrogen and oxygen atoms in total. The predicted molar refractivity (Wildman–Crippen MR) is 75.0 cm³/mol. The van der Waals surface area contributed by atoms with Crippen molar-refractivity contribution in [3.8, 4) is 0 Å². The summed E-state index contributed by atoms with van der Waals surface area (Å²) in [4.78, 5) is 9.77. The van der Waals surface area contributed by atoms with Gasteiger partial charge in [0.05, 0.1) is 5.75 Å². The average molecular weight is 295 g/mol. The lowest BCUT2D eigenvalue weighted by atomic mass is 10.3. The molecule has 1 saturated carbocycles. The van der Waals surface area contributed by atoms with Gasteiger partial charge in [0.1, 0.15) is 16.8 Å². The summed E-state index contributed by atoms with van der Waals surface area (Å²) >= 11 is 7.60. The molecule has 1 aliphatic carbocycles. The molecular formula is C14H12ClFN2S. The van der Waals surface area contributed by atoms with Crippen LogP contribution < -0.4 is 0 Å². The normalized spacial score (nSPS) is 14.6. The minimum absolute atomic E-state index is 0.223. The van der Waals surface area contributed by atoms with Gasteiger partial charge < -0.3 is 0 Å². The molecule has 0 spiro atoms. The van der Waals surface area contributed by atoms with Gasteiger partial charge in [-0.15, -0.1) is 11.8 Å². The van der Waals surface area contributed by atoms with Gasteiger partial charge in [-0.1, -0.05) is 11.6 Å². The van der Waals surface area contributed by atoms with Crippen molar-refractivity contribution in [1.29, 1.82) is 0 Å². The van der Waals surface area contributed by atoms with E-state index < -0.39 is 0 Å². The first-order chi connectivity index (χ1) is 9.20. The van der Waals surface area contributed by atoms with E-state index in [0.29, 0.717) is 16.8 Å². The third kappa shape index (κ3) is 3.45. The molecule has 0 N–H and O–H groups in total. The van der Waals surface area contributed by atoms with Gasteiger partial charge in [-0.25, -0.2) is 14.4 Å². The second kappa shape index (κ2) is 5.47. The van der Waals surface area contributed by atoms with Crippen LogP contribution in [0.4, 0.5) is 4.39 Å². The largest absolute Gasteiger partial charge is 0.237 e. The van der Waals surface area contributed by atoms with Gasteiger partial charge in [0.2, 0.25) is 0 Å². The Morgan fingerprint density at radius 1 is 1.21 bits per heavy atom. The lowest BCUT2D eigenvalue weighted by molar-refractivity contribution is 0.626. The molecule has 0 radical (unpaired) electrons. The van der Waals surface area contributed by atoms with E-state index in [2.05, 4.69) is 9.97 Å². The van der Waals surface area contributed by atoms with Crippen molar-refractivity contribution >= 4 is 23.4 Å². The fourth-order valence-electron chi connectivity index (χ4n) is 1.82. The first kappa shape index (κ1) is 12.9. The molecule has 1 aromatic carbocycles. The van der Waals surface area contributed by atoms with E-state index in [0.717, 1.165) is 16.4 Å². The summed E-state index contributed by atoms with van der Waals surface area (Å²) < 4.78 is 12.8. The van der Waals surface area contributed by atoms with Crippen LogP contribution in [0.25, 0.3) is 0 Å². The Morgan fingerprint density at radius 3 is 2.63 bits per heavy atom. The van der Waals surface area contributed by atoms with Gasteiger partial charge >= 0.3 is 0 Å². The number of hydrogen-bond donors (Lipinski definition) is 0. The van der Waals surface area contributed by atoms with Gasteiger partial charge in [0.15, 0.2) is 0 Å². The highest BCUT2D eigenvalue weighted by molar-refractivity contribution is 7.98. The SMILES string of the molecule is Fc1ccc(SCc2nc(Cl)cc(C3CC3)n2)cc1. The summed E-state index contributed by atoms with van der Waals surface area (Å²) in [6, 6.07) is 8.28. The number of aromatic nitrogens is 2. The van der Waals surface area contributed by atoms with Gasteiger partial charge in [-0.2, -0.15) is 0 Å². The first-order valence-electron chi connectivity index (χ1n) is 6.12. The van der Waals surface area contributed by atoms with Crippen LogP contribution in [-0.4, -0.2) is 9.97 Å². The monoisotopic (exact) mass is 294 g/mol. The van der Waals surface area contributed by atoms with E-state index in [9.17, 15) is 4.39 Å². The number of thioether (sulfide) groups is 1. The Labute approximate surface area is 120 Å². The maximum absolute atomic E-state index is 12.8. The van der Waals surface area contributed by atoms with Gasteiger partial charge in [0, 0.05) is 16.5 Å². The number of nitrogens with zero attached hydrogens (tertiary/aromatic N) is 2. The van der Waals surface area contributed by atoms with E-state index in [1.807, 2.05) is 6.07 Å². The minimum atomic E-state index is -0.223. The standard InChI is InChI=1S/C14H12ClFN2S/c15-13-7-12(9-1-2-9)17-14(18-13)8-19-11-5-3-10(16)4-6-11/h3-7,9H,1-2,8H2. The molecule has 1 fully saturated rings. The van der Waals surface area contributed by atoms with Gasteiger partial charge in [-0.3, -0.25) is 0 Å². The fourth-order valence-corrected chi connectivity index (χ4v) is 2.78. The lowest BCUT2D eigenvalue weighted by Gasteiger charge is -2.04. The summed E-state index contributed by atoms with van der Waals surface area (Å²) in [5, 5.41) is 0.506. The number of benzene rings is 1. The van der Waals surface area contributed by atoms with Crippen LogP contribution in [-0.2, 0) is 5.75 Å². The van der Waals surface area contributed by atoms with Crippen LogP contribution >= 0.6 is 23.4 Å². The summed E-state index contributed by atoms with van der Waals surface area (Å²) in [6.45, 7) is 0. The van der Waals surface area contributed by atoms with Crippen molar-refractivity contribution in [2.45, 2.75) is 29.4 Å². The summed E-state index contributed by atoms with van der Waals surface area (Å²) in [5.74, 6) is 1.73. The molecule has 0 saturated heterocycles. The van der Waals surface area contributed by atoms with Crippen molar-refractivity contribution < 1.29 is 4.39 Å². The highest BCUT2D eigenvalue weighted by Crippen LogP contribution is 2.39. The van der Waals surface area contributed by atoms with Crippen molar-refractivity contribution in [3.63, 3.8) is 0 Å². The summed E-state index contributed by atoms with van der Waals surface area (Å²) in [5.41, 5.74) is 1.05. The van der Waals surface area contributed by atoms with Gasteiger partial charge in [-0.05, 0) is 43.2 Å². The predicted octanol–water partition coefficient (Wildman–Crippen LogP) is 4.44. The molecule has 0 atom stereocenters. The molecule has 0 amide bonds. The summed E-state index contributed by atoms with van der Waals surface area (Å²) in [6.07, 6.45) is 2.38. The zero-order valence-corrected chi connectivity index (χ0v) is 11.7. The lowest BCUT2D eigenvalue weighted by Crippen LogP contribution is -1.97. The molecule has 1 aliphatic rings. The van der Waals surface area contributed by atoms with Gasteiger partial charge in [0.25, 0.3) is 0 Å². The second-order valence-electron chi connectivity index (χ2n) is 4.55. The van der Waals surface area contributed by atoms with Crippen LogP contribution in [0.2, 0.25) is 5.15 Å². The molecular weight excluding hydrogens is 283 g/mol. The minimum Gasteiger partial charge on any atom is -0.237 e. The van der Waals surface area contributed by atoms with Crippen molar-refractivity contribution in [2.24, 2.45) is 0 Å². The van der Waals surface area contributed by atoms with Crippen molar-refractivity contribution in [2.75, 3.05) is 0 Å². The van der Waals surface area contributed by atoms with Crippen molar-refractivity contribution in [1.82, 2.24) is 9.97 Å². The molecule has 5 heteroatoms. The van der Waals surface area contributed by atoms with E-state index in [4.69, 9.17) is 11.6 Å². The highest BCUT2D eigenvalue weighted by atomic mass is 35.5. The molecule has 1 heterocycles. The molecule has 0 aliphatic heterocycles. The zero-order chi connectivity index (χ0) is 13.2. The third-order valence-corrected chi connectivity index (χ3v) is 4.14. The van der Waals surface area contributed by atoms with Crippen molar-refractivity contribution in [3.05, 3.63) is 52.8 Å². The maximum Gasteiger partial charge on any atom is 0.140 e. The molecule has 3 rings (SSSR count). The Balaban J connectivity index is 1.70. The van der Waals surface area contributed by atoms with E-state index >= 15 is 0 Å². The molecule has 19 heavy (non-hydrogen) atoms. The average Bonchev–Trinajstić information content (AvgIpc) is 3.22. The Bertz CT molecular complexity index is 584. The Hall–Kier alpha value is -1.13. The highest BCUT2D eigenvalue weighted by Gasteiger charge is 2.25. The topological polar surface area (TPSA) is 25.8 Å². The number of hydrogen-bond acceptors (Lipinski definition) is 3. The van der Waals surface area contributed by atoms with E-state index in [1.165, 1.54) is 25.0 Å². The fraction of sp³-hybridized carbons (Fsp3) is 0.286. The molecule has 98 valence electrons. The molecule has 0 unspecified atom stereocenters. The van der Waals surface area contributed by atoms with Crippen LogP contribution in [0.3, 0.4) is 0 Å². The second-order valence-corrected chi connectivity index (χ2v) is 5.98. The quantitative estimate of drug-likeness (QED) is 0.616. The Morgan fingerprint density at radius 2 is 1.95 bits per heavy atom. The number of rotatable bonds is 4. The maximum atomic E-state index is 12.8. The summed E-state index contributed by atoms with van der Waals surface area (Å²) in [7, 11) is 0. The third-order valence-electron chi connectivity index (χ3n) is 2.94. The van der Waals surface area contributed by atoms with E-state index in [-0.39, 0.29) is 5.82 Å². The van der Waals surface area contributed by atoms with Crippen LogP contribution in [0.5, 0.6) is 0 Å². The molecule has 1 aromatic heterocycles. The Kier molecular flexibility index (Phi) is 3.71. The molecule has 0 bridgehead atoms. The van der Waals surface area contributed by atoms with Crippen LogP contribution in [0.1, 0.15) is 30.3 Å². The number of halogens is 2. The van der Waals surface area contributed by atoms with Crippen LogP contribution in [0, 0.1) is 5.82 Å². The van der Waals surface area contributed by atoms with E-state index in [1.54, 1.807) is 23.9 Å². The zero-order valence-electron chi connectivity index (χ0n) is 10.1. The van der Waals surface area contributed by atoms with Crippen LogP contribution in [0.15, 0.2) is 35.2 Å².